The summed E-state index contributed by atoms with van der Waals surface area (Å²) < 4.78 is 11.2. The van der Waals surface area contributed by atoms with Gasteiger partial charge in [0.15, 0.2) is 0 Å². The monoisotopic (exact) mass is 589 g/mol. The van der Waals surface area contributed by atoms with Crippen molar-refractivity contribution in [2.45, 2.75) is 24.9 Å². The highest BCUT2D eigenvalue weighted by Gasteiger charge is 2.14. The summed E-state index contributed by atoms with van der Waals surface area (Å²) in [6, 6.07) is 31.0. The Balaban J connectivity index is 0.00000237. The number of nitrogen functional groups attached to an aromatic ring is 1. The van der Waals surface area contributed by atoms with Gasteiger partial charge in [0.05, 0.1) is 17.9 Å². The molecule has 0 saturated carbocycles. The minimum absolute atomic E-state index is 0.412. The van der Waals surface area contributed by atoms with E-state index in [0.29, 0.717) is 30.2 Å². The maximum atomic E-state index is 12.5. The molecule has 0 radical (unpaired) electrons. The molecule has 8 N–H and O–H groups in total. The van der Waals surface area contributed by atoms with Crippen molar-refractivity contribution >= 4 is 29.1 Å². The van der Waals surface area contributed by atoms with Gasteiger partial charge in [-0.05, 0) is 65.1 Å². The molecular formula is C32H39N5O4S. The fourth-order valence-electron chi connectivity index (χ4n) is 3.91. The molecule has 222 valence electrons. The number of para-hydroxylation sites is 2. The lowest BCUT2D eigenvalue weighted by Gasteiger charge is -2.18. The van der Waals surface area contributed by atoms with Crippen LogP contribution in [-0.4, -0.2) is 25.8 Å². The summed E-state index contributed by atoms with van der Waals surface area (Å²) in [5.41, 5.74) is 11.8. The Kier molecular flexibility index (Phi) is 13.7. The van der Waals surface area contributed by atoms with E-state index in [9.17, 15) is 4.79 Å². The molecule has 4 aromatic rings. The van der Waals surface area contributed by atoms with E-state index in [1.165, 1.54) is 11.1 Å². The minimum atomic E-state index is -0.552. The fraction of sp³-hybridized carbons (Fsp3) is 0.219. The van der Waals surface area contributed by atoms with Crippen molar-refractivity contribution in [1.29, 1.82) is 0 Å². The second-order valence-electron chi connectivity index (χ2n) is 9.14. The van der Waals surface area contributed by atoms with Crippen molar-refractivity contribution in [3.8, 4) is 16.9 Å². The number of nitrogens with two attached hydrogens (primary N) is 4. The molecule has 0 amide bonds. The smallest absolute Gasteiger partial charge is 0.365 e. The minimum Gasteiger partial charge on any atom is -0.491 e. The van der Waals surface area contributed by atoms with Gasteiger partial charge in [-0.15, -0.1) is 5.17 Å². The first-order chi connectivity index (χ1) is 20.5. The zero-order valence-electron chi connectivity index (χ0n) is 23.8. The van der Waals surface area contributed by atoms with Gasteiger partial charge in [-0.1, -0.05) is 67.6 Å². The highest BCUT2D eigenvalue weighted by molar-refractivity contribution is 7.97. The van der Waals surface area contributed by atoms with Crippen LogP contribution in [0.5, 0.6) is 5.75 Å². The molecular weight excluding hydrogens is 550 g/mol. The van der Waals surface area contributed by atoms with E-state index in [0.717, 1.165) is 46.6 Å². The topological polar surface area (TPSA) is 152 Å². The van der Waals surface area contributed by atoms with Crippen LogP contribution in [0.2, 0.25) is 0 Å². The number of hydrogen-bond acceptors (Lipinski definition) is 10. The zero-order valence-corrected chi connectivity index (χ0v) is 24.6. The number of carbonyl (C=O) groups excluding carboxylic acids is 1. The SMILES string of the molecule is CCCOCCOc1ccc(-c2ccc(CSCc3ccc(C(=O)ON(N)c4ccccc4N)cc3)cc2)cc1.NN. The fourth-order valence-corrected chi connectivity index (χ4v) is 4.86. The Morgan fingerprint density at radius 1 is 0.762 bits per heavy atom. The summed E-state index contributed by atoms with van der Waals surface area (Å²) in [5, 5.41) is 0.891. The second-order valence-corrected chi connectivity index (χ2v) is 10.1. The molecule has 9 nitrogen and oxygen atoms in total. The number of carbonyl (C=O) groups is 1. The highest BCUT2D eigenvalue weighted by atomic mass is 32.2. The maximum Gasteiger partial charge on any atom is 0.365 e. The lowest BCUT2D eigenvalue weighted by molar-refractivity contribution is 0.0451. The van der Waals surface area contributed by atoms with Crippen LogP contribution >= 0.6 is 11.8 Å². The molecule has 0 aliphatic carbocycles. The molecule has 4 aromatic carbocycles. The third-order valence-corrected chi connectivity index (χ3v) is 7.14. The normalized spacial score (nSPS) is 10.4. The van der Waals surface area contributed by atoms with E-state index in [2.05, 4.69) is 55.0 Å². The molecule has 0 atom stereocenters. The summed E-state index contributed by atoms with van der Waals surface area (Å²) in [7, 11) is 0. The average molecular weight is 590 g/mol. The van der Waals surface area contributed by atoms with Gasteiger partial charge < -0.3 is 20.0 Å². The zero-order chi connectivity index (χ0) is 30.2. The van der Waals surface area contributed by atoms with Crippen molar-refractivity contribution in [1.82, 2.24) is 0 Å². The number of ether oxygens (including phenoxy) is 2. The summed E-state index contributed by atoms with van der Waals surface area (Å²) in [6.45, 7) is 4.02. The van der Waals surface area contributed by atoms with Crippen LogP contribution in [0, 0.1) is 0 Å². The van der Waals surface area contributed by atoms with E-state index in [4.69, 9.17) is 25.9 Å². The van der Waals surface area contributed by atoms with Crippen LogP contribution in [0.4, 0.5) is 11.4 Å². The number of hydrazine groups is 2. The summed E-state index contributed by atoms with van der Waals surface area (Å²) in [6.07, 6.45) is 1.02. The number of benzene rings is 4. The lowest BCUT2D eigenvalue weighted by atomic mass is 10.0. The van der Waals surface area contributed by atoms with Crippen LogP contribution in [0.1, 0.15) is 34.8 Å². The van der Waals surface area contributed by atoms with Crippen molar-refractivity contribution in [2.24, 2.45) is 17.5 Å². The van der Waals surface area contributed by atoms with Gasteiger partial charge in [0.2, 0.25) is 0 Å². The van der Waals surface area contributed by atoms with Crippen molar-refractivity contribution in [3.05, 3.63) is 114 Å². The van der Waals surface area contributed by atoms with Crippen LogP contribution in [0.25, 0.3) is 11.1 Å². The molecule has 0 fully saturated rings. The maximum absolute atomic E-state index is 12.5. The van der Waals surface area contributed by atoms with Crippen molar-refractivity contribution < 1.29 is 19.1 Å². The number of nitrogens with zero attached hydrogens (tertiary/aromatic N) is 1. The quantitative estimate of drug-likeness (QED) is 0.0647. The average Bonchev–Trinajstić information content (AvgIpc) is 3.03. The van der Waals surface area contributed by atoms with Crippen molar-refractivity contribution in [2.75, 3.05) is 30.7 Å². The molecule has 0 heterocycles. The molecule has 4 rings (SSSR count). The summed E-state index contributed by atoms with van der Waals surface area (Å²) >= 11 is 1.81. The van der Waals surface area contributed by atoms with Gasteiger partial charge in [-0.2, -0.15) is 11.8 Å². The Morgan fingerprint density at radius 3 is 1.93 bits per heavy atom. The molecule has 42 heavy (non-hydrogen) atoms. The Labute approximate surface area is 251 Å². The van der Waals surface area contributed by atoms with Crippen molar-refractivity contribution in [3.63, 3.8) is 0 Å². The number of hydrogen-bond donors (Lipinski definition) is 4. The van der Waals surface area contributed by atoms with Gasteiger partial charge >= 0.3 is 5.97 Å². The molecule has 0 aliphatic heterocycles. The number of anilines is 2. The van der Waals surface area contributed by atoms with E-state index in [1.54, 1.807) is 36.4 Å². The van der Waals surface area contributed by atoms with E-state index >= 15 is 0 Å². The van der Waals surface area contributed by atoms with Gasteiger partial charge in [0.25, 0.3) is 0 Å². The second kappa shape index (κ2) is 17.7. The molecule has 0 unspecified atom stereocenters. The molecule has 10 heteroatoms. The van der Waals surface area contributed by atoms with Crippen LogP contribution in [0.15, 0.2) is 97.1 Å². The standard InChI is InChI=1S/C32H35N3O4S.H4N2/c1-2-19-37-20-21-38-29-17-15-27(16-18-29)26-11-7-24(8-12-26)22-40-23-25-9-13-28(14-10-25)32(36)39-35(34)31-6-4-3-5-30(31)33;1-2/h3-18H,2,19-23,33-34H2,1H3;1-2H2. The predicted molar refractivity (Wildman–Crippen MR) is 171 cm³/mol. The molecule has 0 spiro atoms. The first-order valence-corrected chi connectivity index (χ1v) is 14.7. The first-order valence-electron chi connectivity index (χ1n) is 13.5. The molecule has 0 aromatic heterocycles. The van der Waals surface area contributed by atoms with E-state index < -0.39 is 5.97 Å². The lowest BCUT2D eigenvalue weighted by Crippen LogP contribution is -2.34. The Morgan fingerprint density at radius 2 is 1.33 bits per heavy atom. The number of rotatable bonds is 14. The predicted octanol–water partition coefficient (Wildman–Crippen LogP) is 5.45. The van der Waals surface area contributed by atoms with Crippen LogP contribution < -0.4 is 33.2 Å². The molecule has 0 bridgehead atoms. The van der Waals surface area contributed by atoms with Gasteiger partial charge in [0.1, 0.15) is 18.0 Å². The Bertz CT molecular complexity index is 1350. The van der Waals surface area contributed by atoms with Gasteiger partial charge in [0, 0.05) is 18.1 Å². The van der Waals surface area contributed by atoms with Crippen LogP contribution in [-0.2, 0) is 21.1 Å². The highest BCUT2D eigenvalue weighted by Crippen LogP contribution is 2.25. The van der Waals surface area contributed by atoms with E-state index in [1.807, 2.05) is 36.0 Å². The molecule has 0 aliphatic rings. The van der Waals surface area contributed by atoms with Gasteiger partial charge in [-0.3, -0.25) is 11.7 Å². The third kappa shape index (κ3) is 10.1. The largest absolute Gasteiger partial charge is 0.491 e. The first kappa shape index (κ1) is 32.5. The number of thioether (sulfide) groups is 1. The Hall–Kier alpha value is -4.06. The van der Waals surface area contributed by atoms with Gasteiger partial charge in [-0.25, -0.2) is 10.6 Å². The molecule has 0 saturated heterocycles. The third-order valence-electron chi connectivity index (χ3n) is 6.07. The summed E-state index contributed by atoms with van der Waals surface area (Å²) in [4.78, 5) is 17.7. The van der Waals surface area contributed by atoms with Crippen LogP contribution in [0.3, 0.4) is 0 Å². The van der Waals surface area contributed by atoms with E-state index in [-0.39, 0.29) is 0 Å². The summed E-state index contributed by atoms with van der Waals surface area (Å²) in [5.74, 6) is 15.9.